The summed E-state index contributed by atoms with van der Waals surface area (Å²) in [4.78, 5) is 68.0. The van der Waals surface area contributed by atoms with E-state index in [1.807, 2.05) is 166 Å². The maximum atomic E-state index is 14.0. The third-order valence-corrected chi connectivity index (χ3v) is 10.4. The van der Waals surface area contributed by atoms with Crippen LogP contribution in [-0.2, 0) is 31.1 Å². The van der Waals surface area contributed by atoms with E-state index in [2.05, 4.69) is 21.3 Å². The number of aldehydes is 1. The zero-order chi connectivity index (χ0) is 41.6. The molecule has 0 spiro atoms. The van der Waals surface area contributed by atoms with Crippen molar-refractivity contribution in [1.82, 2.24) is 21.3 Å². The normalized spacial score (nSPS) is 12.8. The van der Waals surface area contributed by atoms with Crippen molar-refractivity contribution in [3.8, 4) is 0 Å². The average Bonchev–Trinajstić information content (AvgIpc) is 3.27. The zero-order valence-electron chi connectivity index (χ0n) is 33.3. The topological polar surface area (TPSA) is 133 Å². The molecule has 6 aromatic carbocycles. The molecule has 0 radical (unpaired) electrons. The van der Waals surface area contributed by atoms with Gasteiger partial charge in [-0.25, -0.2) is 0 Å². The molecule has 4 N–H and O–H groups in total. The van der Waals surface area contributed by atoms with Crippen molar-refractivity contribution in [2.24, 2.45) is 5.92 Å². The minimum Gasteiger partial charge on any atom is -0.345 e. The molecule has 9 heteroatoms. The van der Waals surface area contributed by atoms with Crippen molar-refractivity contribution in [2.45, 2.75) is 63.2 Å². The fraction of sp³-hybridized carbons (Fsp3) is 0.220. The second kappa shape index (κ2) is 20.0. The Morgan fingerprint density at radius 2 is 1.08 bits per heavy atom. The largest absolute Gasteiger partial charge is 0.345 e. The molecule has 0 unspecified atom stereocenters. The Morgan fingerprint density at radius 3 is 1.63 bits per heavy atom. The highest BCUT2D eigenvalue weighted by molar-refractivity contribution is 6.01. The molecular weight excluding hydrogens is 737 g/mol. The number of carbonyl (C=O) groups excluding carboxylic acids is 5. The third kappa shape index (κ3) is 10.8. The van der Waals surface area contributed by atoms with Gasteiger partial charge in [0.15, 0.2) is 0 Å². The van der Waals surface area contributed by atoms with Crippen LogP contribution < -0.4 is 21.3 Å². The molecule has 0 fully saturated rings. The van der Waals surface area contributed by atoms with Crippen LogP contribution in [-0.4, -0.2) is 48.0 Å². The van der Waals surface area contributed by atoms with E-state index in [1.165, 1.54) is 0 Å². The van der Waals surface area contributed by atoms with Gasteiger partial charge in [-0.2, -0.15) is 0 Å². The first-order valence-corrected chi connectivity index (χ1v) is 20.0. The van der Waals surface area contributed by atoms with E-state index in [-0.39, 0.29) is 31.1 Å². The molecule has 0 aliphatic rings. The highest BCUT2D eigenvalue weighted by Gasteiger charge is 2.38. The molecule has 6 rings (SSSR count). The van der Waals surface area contributed by atoms with Crippen LogP contribution >= 0.6 is 0 Å². The summed E-state index contributed by atoms with van der Waals surface area (Å²) in [6.07, 6.45) is 1.000. The summed E-state index contributed by atoms with van der Waals surface area (Å²) in [6.45, 7) is 3.90. The number of fused-ring (bicyclic) bond motifs is 1. The van der Waals surface area contributed by atoms with Crippen molar-refractivity contribution in [3.63, 3.8) is 0 Å². The first-order chi connectivity index (χ1) is 28.7. The van der Waals surface area contributed by atoms with Gasteiger partial charge in [0.1, 0.15) is 23.9 Å². The summed E-state index contributed by atoms with van der Waals surface area (Å²) in [5, 5.41) is 13.7. The number of nitrogens with one attached hydrogen (secondary N) is 4. The second-order valence-corrected chi connectivity index (χ2v) is 15.2. The predicted molar refractivity (Wildman–Crippen MR) is 231 cm³/mol. The Labute approximate surface area is 345 Å². The van der Waals surface area contributed by atoms with E-state index in [0.29, 0.717) is 18.3 Å². The minimum absolute atomic E-state index is 0.0132. The van der Waals surface area contributed by atoms with Crippen LogP contribution in [0.25, 0.3) is 10.8 Å². The molecular formula is C50H50N4O5. The fourth-order valence-corrected chi connectivity index (χ4v) is 7.40. The van der Waals surface area contributed by atoms with Crippen LogP contribution in [0.3, 0.4) is 0 Å². The van der Waals surface area contributed by atoms with Gasteiger partial charge < -0.3 is 26.1 Å². The Morgan fingerprint density at radius 1 is 0.576 bits per heavy atom. The van der Waals surface area contributed by atoms with Crippen LogP contribution in [0.1, 0.15) is 65.7 Å². The van der Waals surface area contributed by atoms with Gasteiger partial charge in [-0.15, -0.1) is 0 Å². The second-order valence-electron chi connectivity index (χ2n) is 15.2. The van der Waals surface area contributed by atoms with E-state index in [1.54, 1.807) is 12.1 Å². The van der Waals surface area contributed by atoms with Gasteiger partial charge in [0.2, 0.25) is 17.7 Å². The summed E-state index contributed by atoms with van der Waals surface area (Å²) in [5.74, 6) is -1.80. The summed E-state index contributed by atoms with van der Waals surface area (Å²) >= 11 is 0. The molecule has 300 valence electrons. The molecule has 0 aromatic heterocycles. The minimum atomic E-state index is -1.09. The lowest BCUT2D eigenvalue weighted by atomic mass is 9.77. The molecule has 3 atom stereocenters. The van der Waals surface area contributed by atoms with E-state index < -0.39 is 41.4 Å². The molecule has 59 heavy (non-hydrogen) atoms. The molecule has 0 aliphatic carbocycles. The molecule has 6 aromatic rings. The summed E-state index contributed by atoms with van der Waals surface area (Å²) in [7, 11) is 0. The Bertz CT molecular complexity index is 2240. The number of benzene rings is 6. The number of rotatable bonds is 18. The first kappa shape index (κ1) is 41.8. The van der Waals surface area contributed by atoms with Gasteiger partial charge in [-0.05, 0) is 63.9 Å². The van der Waals surface area contributed by atoms with Gasteiger partial charge in [-0.1, -0.05) is 166 Å². The monoisotopic (exact) mass is 786 g/mol. The van der Waals surface area contributed by atoms with Gasteiger partial charge in [0.05, 0.1) is 6.04 Å². The molecule has 0 aliphatic heterocycles. The quantitative estimate of drug-likeness (QED) is 0.0537. The van der Waals surface area contributed by atoms with Crippen molar-refractivity contribution in [2.75, 3.05) is 0 Å². The molecule has 9 nitrogen and oxygen atoms in total. The van der Waals surface area contributed by atoms with Crippen LogP contribution in [0.5, 0.6) is 0 Å². The van der Waals surface area contributed by atoms with E-state index in [9.17, 15) is 24.0 Å². The maximum Gasteiger partial charge on any atom is 0.251 e. The van der Waals surface area contributed by atoms with Gasteiger partial charge in [-0.3, -0.25) is 19.2 Å². The van der Waals surface area contributed by atoms with Crippen LogP contribution in [0.4, 0.5) is 0 Å². The number of carbonyl (C=O) groups is 5. The standard InChI is InChI=1S/C50H50N4O5/c1-35(2)31-44(52-47(57)39-28-27-37-19-15-16-20-38(37)33-39)49(59)53-45(32-36-17-7-3-8-18-36)48(58)51-43(34-55)29-30-46(56)54-50(40-21-9-4-10-22-40,41-23-11-5-12-24-41)42-25-13-6-14-26-42/h3-28,33-35,43-45H,29-32H2,1-2H3,(H,51,58)(H,52,57)(H,53,59)(H,54,56)/t43-,44-,45-/m0/s1. The summed E-state index contributed by atoms with van der Waals surface area (Å²) in [5.41, 5.74) is 2.73. The molecule has 0 heterocycles. The van der Waals surface area contributed by atoms with Gasteiger partial charge in [0, 0.05) is 18.4 Å². The lowest BCUT2D eigenvalue weighted by Gasteiger charge is -2.37. The summed E-state index contributed by atoms with van der Waals surface area (Å²) < 4.78 is 0. The van der Waals surface area contributed by atoms with Crippen LogP contribution in [0.2, 0.25) is 0 Å². The third-order valence-electron chi connectivity index (χ3n) is 10.4. The highest BCUT2D eigenvalue weighted by Crippen LogP contribution is 2.37. The fourth-order valence-electron chi connectivity index (χ4n) is 7.40. The van der Waals surface area contributed by atoms with Crippen molar-refractivity contribution < 1.29 is 24.0 Å². The average molecular weight is 787 g/mol. The highest BCUT2D eigenvalue weighted by atomic mass is 16.2. The van der Waals surface area contributed by atoms with Crippen molar-refractivity contribution >= 4 is 40.7 Å². The molecule has 0 saturated carbocycles. The first-order valence-electron chi connectivity index (χ1n) is 20.0. The summed E-state index contributed by atoms with van der Waals surface area (Å²) in [6, 6.07) is 48.4. The lowest BCUT2D eigenvalue weighted by molar-refractivity contribution is -0.131. The van der Waals surface area contributed by atoms with Crippen molar-refractivity contribution in [1.29, 1.82) is 0 Å². The van der Waals surface area contributed by atoms with E-state index >= 15 is 0 Å². The SMILES string of the molecule is CC(C)C[C@H](NC(=O)c1ccc2ccccc2c1)C(=O)N[C@@H](Cc1ccccc1)C(=O)N[C@H](C=O)CCC(=O)NC(c1ccccc1)(c1ccccc1)c1ccccc1. The zero-order valence-corrected chi connectivity index (χ0v) is 33.3. The number of amides is 4. The number of hydrogen-bond acceptors (Lipinski definition) is 5. The molecule has 0 bridgehead atoms. The Hall–Kier alpha value is -6.87. The van der Waals surface area contributed by atoms with Gasteiger partial charge >= 0.3 is 0 Å². The predicted octanol–water partition coefficient (Wildman–Crippen LogP) is 7.28. The Balaban J connectivity index is 1.17. The maximum absolute atomic E-state index is 14.0. The number of hydrogen-bond donors (Lipinski definition) is 4. The molecule has 0 saturated heterocycles. The Kier molecular flexibility index (Phi) is 14.2. The smallest absolute Gasteiger partial charge is 0.251 e. The van der Waals surface area contributed by atoms with Crippen LogP contribution in [0, 0.1) is 5.92 Å². The van der Waals surface area contributed by atoms with Gasteiger partial charge in [0.25, 0.3) is 5.91 Å². The van der Waals surface area contributed by atoms with Crippen LogP contribution in [0.15, 0.2) is 164 Å². The van der Waals surface area contributed by atoms with E-state index in [4.69, 9.17) is 0 Å². The van der Waals surface area contributed by atoms with E-state index in [0.717, 1.165) is 33.0 Å². The lowest BCUT2D eigenvalue weighted by Crippen LogP contribution is -2.56. The van der Waals surface area contributed by atoms with Crippen molar-refractivity contribution in [3.05, 3.63) is 192 Å². The molecule has 4 amide bonds.